The van der Waals surface area contributed by atoms with Crippen LogP contribution < -0.4 is 16.2 Å². The summed E-state index contributed by atoms with van der Waals surface area (Å²) in [7, 11) is 0. The predicted molar refractivity (Wildman–Crippen MR) is 78.1 cm³/mol. The lowest BCUT2D eigenvalue weighted by Gasteiger charge is -2.16. The lowest BCUT2D eigenvalue weighted by Crippen LogP contribution is -2.41. The van der Waals surface area contributed by atoms with E-state index in [0.717, 1.165) is 6.42 Å². The number of aromatic nitrogens is 3. The van der Waals surface area contributed by atoms with Gasteiger partial charge in [0.1, 0.15) is 6.04 Å². The number of nitrogens with one attached hydrogen (secondary N) is 2. The Morgan fingerprint density at radius 2 is 2.25 bits per heavy atom. The van der Waals surface area contributed by atoms with Crippen molar-refractivity contribution in [3.05, 3.63) is 22.6 Å². The highest BCUT2D eigenvalue weighted by atomic mass is 32.1. The molecule has 1 amide bonds. The summed E-state index contributed by atoms with van der Waals surface area (Å²) >= 11 is 1.23. The van der Waals surface area contributed by atoms with Gasteiger partial charge in [-0.2, -0.15) is 4.52 Å². The Morgan fingerprint density at radius 3 is 2.90 bits per heavy atom. The van der Waals surface area contributed by atoms with Gasteiger partial charge in [0.25, 0.3) is 5.56 Å². The van der Waals surface area contributed by atoms with Crippen molar-refractivity contribution in [2.45, 2.75) is 39.3 Å². The Bertz CT molecular complexity index is 665. The average molecular weight is 295 g/mol. The minimum Gasteiger partial charge on any atom is -0.352 e. The highest BCUT2D eigenvalue weighted by Gasteiger charge is 2.16. The molecule has 0 bridgehead atoms. The van der Waals surface area contributed by atoms with Gasteiger partial charge in [-0.3, -0.25) is 9.59 Å². The minimum atomic E-state index is -0.430. The molecule has 0 aliphatic carbocycles. The number of nitrogens with zero attached hydrogens (tertiary/aromatic N) is 3. The molecule has 7 nitrogen and oxygen atoms in total. The number of amides is 1. The van der Waals surface area contributed by atoms with E-state index in [1.807, 2.05) is 13.8 Å². The standard InChI is InChI=1S/C12H17N5O2S/c1-4-7(2)14-10(19)8(3)15-11-16-17-9(18)5-6-13-12(17)20-11/h5-8H,4H2,1-3H3,(H,14,19)(H,15,16). The Kier molecular flexibility index (Phi) is 4.33. The van der Waals surface area contributed by atoms with Crippen LogP contribution in [0.25, 0.3) is 4.96 Å². The first-order valence-corrected chi connectivity index (χ1v) is 7.24. The maximum atomic E-state index is 11.9. The Hall–Kier alpha value is -1.96. The van der Waals surface area contributed by atoms with E-state index in [-0.39, 0.29) is 17.5 Å². The topological polar surface area (TPSA) is 88.4 Å². The van der Waals surface area contributed by atoms with E-state index < -0.39 is 6.04 Å². The number of anilines is 1. The minimum absolute atomic E-state index is 0.0982. The smallest absolute Gasteiger partial charge is 0.275 e. The van der Waals surface area contributed by atoms with Gasteiger partial charge in [-0.05, 0) is 20.3 Å². The molecule has 8 heteroatoms. The largest absolute Gasteiger partial charge is 0.352 e. The maximum Gasteiger partial charge on any atom is 0.275 e. The van der Waals surface area contributed by atoms with Gasteiger partial charge in [0.15, 0.2) is 0 Å². The van der Waals surface area contributed by atoms with Crippen LogP contribution in [0.15, 0.2) is 17.1 Å². The number of hydrogen-bond acceptors (Lipinski definition) is 6. The molecule has 2 heterocycles. The number of hydrogen-bond donors (Lipinski definition) is 2. The van der Waals surface area contributed by atoms with Crippen molar-refractivity contribution in [1.82, 2.24) is 19.9 Å². The number of carbonyl (C=O) groups is 1. The summed E-state index contributed by atoms with van der Waals surface area (Å²) < 4.78 is 1.21. The monoisotopic (exact) mass is 295 g/mol. The molecule has 2 unspecified atom stereocenters. The fraction of sp³-hybridized carbons (Fsp3) is 0.500. The van der Waals surface area contributed by atoms with Crippen LogP contribution in [-0.4, -0.2) is 32.6 Å². The van der Waals surface area contributed by atoms with Gasteiger partial charge >= 0.3 is 0 Å². The van der Waals surface area contributed by atoms with Gasteiger partial charge in [-0.15, -0.1) is 5.10 Å². The quantitative estimate of drug-likeness (QED) is 0.854. The van der Waals surface area contributed by atoms with E-state index in [4.69, 9.17) is 0 Å². The molecular formula is C12H17N5O2S. The molecule has 0 aromatic carbocycles. The van der Waals surface area contributed by atoms with E-state index in [2.05, 4.69) is 20.7 Å². The van der Waals surface area contributed by atoms with Crippen LogP contribution >= 0.6 is 11.3 Å². The third kappa shape index (κ3) is 3.13. The van der Waals surface area contributed by atoms with Crippen LogP contribution in [0.4, 0.5) is 5.13 Å². The first-order chi connectivity index (χ1) is 9.51. The van der Waals surface area contributed by atoms with E-state index >= 15 is 0 Å². The summed E-state index contributed by atoms with van der Waals surface area (Å²) in [6.07, 6.45) is 2.32. The summed E-state index contributed by atoms with van der Waals surface area (Å²) in [4.78, 5) is 28.0. The zero-order chi connectivity index (χ0) is 14.7. The SMILES string of the molecule is CCC(C)NC(=O)C(C)Nc1nn2c(=O)ccnc2s1. The van der Waals surface area contributed by atoms with Crippen molar-refractivity contribution in [3.63, 3.8) is 0 Å². The zero-order valence-corrected chi connectivity index (χ0v) is 12.4. The molecule has 0 aliphatic rings. The summed E-state index contributed by atoms with van der Waals surface area (Å²) in [5, 5.41) is 10.5. The van der Waals surface area contributed by atoms with Crippen LogP contribution in [0, 0.1) is 0 Å². The molecule has 2 aromatic rings. The van der Waals surface area contributed by atoms with Crippen molar-refractivity contribution < 1.29 is 4.79 Å². The molecule has 0 aliphatic heterocycles. The summed E-state index contributed by atoms with van der Waals surface area (Å²) in [6, 6.07) is 1.04. The number of rotatable bonds is 5. The first kappa shape index (κ1) is 14.4. The van der Waals surface area contributed by atoms with Crippen molar-refractivity contribution in [2.24, 2.45) is 0 Å². The molecule has 108 valence electrons. The molecule has 0 radical (unpaired) electrons. The van der Waals surface area contributed by atoms with Crippen molar-refractivity contribution in [2.75, 3.05) is 5.32 Å². The lowest BCUT2D eigenvalue weighted by molar-refractivity contribution is -0.122. The molecular weight excluding hydrogens is 278 g/mol. The molecule has 0 saturated heterocycles. The van der Waals surface area contributed by atoms with Crippen LogP contribution in [0.5, 0.6) is 0 Å². The summed E-state index contributed by atoms with van der Waals surface area (Å²) in [5.41, 5.74) is -0.240. The molecule has 2 aromatic heterocycles. The second kappa shape index (κ2) is 6.00. The number of fused-ring (bicyclic) bond motifs is 1. The normalized spacial score (nSPS) is 13.9. The van der Waals surface area contributed by atoms with Gasteiger partial charge < -0.3 is 10.6 Å². The molecule has 0 spiro atoms. The average Bonchev–Trinajstić information content (AvgIpc) is 2.82. The Morgan fingerprint density at radius 1 is 1.50 bits per heavy atom. The van der Waals surface area contributed by atoms with Crippen molar-refractivity contribution in [3.8, 4) is 0 Å². The zero-order valence-electron chi connectivity index (χ0n) is 11.6. The predicted octanol–water partition coefficient (Wildman–Crippen LogP) is 0.866. The van der Waals surface area contributed by atoms with Crippen LogP contribution in [-0.2, 0) is 4.79 Å². The van der Waals surface area contributed by atoms with Crippen LogP contribution in [0.2, 0.25) is 0 Å². The van der Waals surface area contributed by atoms with Gasteiger partial charge in [0.2, 0.25) is 16.0 Å². The van der Waals surface area contributed by atoms with Gasteiger partial charge in [0, 0.05) is 18.3 Å². The third-order valence-corrected chi connectivity index (χ3v) is 3.76. The van der Waals surface area contributed by atoms with E-state index in [1.54, 1.807) is 6.92 Å². The van der Waals surface area contributed by atoms with Crippen molar-refractivity contribution in [1.29, 1.82) is 0 Å². The first-order valence-electron chi connectivity index (χ1n) is 6.43. The third-order valence-electron chi connectivity index (χ3n) is 2.91. The second-order valence-corrected chi connectivity index (χ2v) is 5.52. The number of carbonyl (C=O) groups excluding carboxylic acids is 1. The summed E-state index contributed by atoms with van der Waals surface area (Å²) in [5.74, 6) is -0.0982. The second-order valence-electron chi connectivity index (χ2n) is 4.57. The molecule has 2 atom stereocenters. The lowest BCUT2D eigenvalue weighted by atomic mass is 10.2. The highest BCUT2D eigenvalue weighted by molar-refractivity contribution is 7.20. The fourth-order valence-electron chi connectivity index (χ4n) is 1.52. The molecule has 2 rings (SSSR count). The van der Waals surface area contributed by atoms with E-state index in [9.17, 15) is 9.59 Å². The van der Waals surface area contributed by atoms with Crippen molar-refractivity contribution >= 4 is 27.3 Å². The van der Waals surface area contributed by atoms with Crippen LogP contribution in [0.3, 0.4) is 0 Å². The van der Waals surface area contributed by atoms with Crippen LogP contribution in [0.1, 0.15) is 27.2 Å². The van der Waals surface area contributed by atoms with E-state index in [1.165, 1.54) is 28.1 Å². The molecule has 0 saturated carbocycles. The van der Waals surface area contributed by atoms with Gasteiger partial charge in [-0.1, -0.05) is 18.3 Å². The Labute approximate surface area is 120 Å². The van der Waals surface area contributed by atoms with Gasteiger partial charge in [-0.25, -0.2) is 4.98 Å². The molecule has 2 N–H and O–H groups in total. The van der Waals surface area contributed by atoms with E-state index in [0.29, 0.717) is 10.1 Å². The molecule has 20 heavy (non-hydrogen) atoms. The Balaban J connectivity index is 2.10. The fourth-order valence-corrected chi connectivity index (χ4v) is 2.38. The maximum absolute atomic E-state index is 11.9. The molecule has 0 fully saturated rings. The van der Waals surface area contributed by atoms with Gasteiger partial charge in [0.05, 0.1) is 0 Å². The summed E-state index contributed by atoms with van der Waals surface area (Å²) in [6.45, 7) is 5.71. The highest BCUT2D eigenvalue weighted by Crippen LogP contribution is 2.16.